The quantitative estimate of drug-likeness (QED) is 0.655. The SMILES string of the molecule is CCc1ccc(CN(C)C(=NC)NCC2CN(C)CCN2C)cc1. The molecular formula is C19H33N5. The Morgan fingerprint density at radius 2 is 1.88 bits per heavy atom. The number of likely N-dealkylation sites (N-methyl/N-ethyl adjacent to an activating group) is 2. The number of guanidine groups is 1. The highest BCUT2D eigenvalue weighted by Crippen LogP contribution is 2.08. The van der Waals surface area contributed by atoms with Crippen LogP contribution in [0.4, 0.5) is 0 Å². The van der Waals surface area contributed by atoms with E-state index in [-0.39, 0.29) is 0 Å². The number of nitrogens with zero attached hydrogens (tertiary/aromatic N) is 4. The van der Waals surface area contributed by atoms with Crippen LogP contribution in [0.5, 0.6) is 0 Å². The molecule has 0 aromatic heterocycles. The minimum absolute atomic E-state index is 0.526. The summed E-state index contributed by atoms with van der Waals surface area (Å²) < 4.78 is 0. The lowest BCUT2D eigenvalue weighted by molar-refractivity contribution is 0.116. The summed E-state index contributed by atoms with van der Waals surface area (Å²) in [5.74, 6) is 0.955. The van der Waals surface area contributed by atoms with Gasteiger partial charge in [-0.3, -0.25) is 9.89 Å². The van der Waals surface area contributed by atoms with Crippen molar-refractivity contribution in [2.45, 2.75) is 25.9 Å². The first-order chi connectivity index (χ1) is 11.5. The minimum atomic E-state index is 0.526. The van der Waals surface area contributed by atoms with Crippen LogP contribution in [0.15, 0.2) is 29.3 Å². The van der Waals surface area contributed by atoms with Crippen LogP contribution < -0.4 is 5.32 Å². The number of aliphatic imine (C=N–C) groups is 1. The second-order valence-electron chi connectivity index (χ2n) is 6.85. The molecule has 0 amide bonds. The Morgan fingerprint density at radius 1 is 1.21 bits per heavy atom. The third kappa shape index (κ3) is 5.21. The maximum atomic E-state index is 4.45. The van der Waals surface area contributed by atoms with Crippen molar-refractivity contribution in [2.75, 3.05) is 54.4 Å². The molecule has 2 rings (SSSR count). The van der Waals surface area contributed by atoms with Gasteiger partial charge in [-0.25, -0.2) is 0 Å². The summed E-state index contributed by atoms with van der Waals surface area (Å²) in [5, 5.41) is 3.54. The standard InChI is InChI=1S/C19H33N5/c1-6-16-7-9-17(10-8-16)14-24(5)19(20-2)21-13-18-15-22(3)11-12-23(18)4/h7-10,18H,6,11-15H2,1-5H3,(H,20,21). The predicted octanol–water partition coefficient (Wildman–Crippen LogP) is 1.50. The Balaban J connectivity index is 1.87. The van der Waals surface area contributed by atoms with E-state index in [9.17, 15) is 0 Å². The molecule has 1 unspecified atom stereocenters. The Bertz CT molecular complexity index is 525. The molecule has 1 N–H and O–H groups in total. The van der Waals surface area contributed by atoms with Crippen molar-refractivity contribution in [3.8, 4) is 0 Å². The molecule has 1 aromatic carbocycles. The molecule has 0 bridgehead atoms. The fraction of sp³-hybridized carbons (Fsp3) is 0.632. The summed E-state index contributed by atoms with van der Waals surface area (Å²) in [6.45, 7) is 7.35. The van der Waals surface area contributed by atoms with Gasteiger partial charge in [0, 0.05) is 52.9 Å². The van der Waals surface area contributed by atoms with Crippen molar-refractivity contribution in [1.29, 1.82) is 0 Å². The molecule has 24 heavy (non-hydrogen) atoms. The molecule has 5 heteroatoms. The number of hydrogen-bond acceptors (Lipinski definition) is 3. The molecule has 5 nitrogen and oxygen atoms in total. The molecule has 1 heterocycles. The first-order valence-corrected chi connectivity index (χ1v) is 8.91. The Labute approximate surface area is 147 Å². The minimum Gasteiger partial charge on any atom is -0.355 e. The molecule has 0 saturated carbocycles. The van der Waals surface area contributed by atoms with E-state index in [1.54, 1.807) is 0 Å². The van der Waals surface area contributed by atoms with Crippen LogP contribution in [-0.4, -0.2) is 81.1 Å². The van der Waals surface area contributed by atoms with Crippen LogP contribution in [0.25, 0.3) is 0 Å². The van der Waals surface area contributed by atoms with Crippen molar-refractivity contribution >= 4 is 5.96 Å². The molecule has 1 saturated heterocycles. The molecule has 0 aliphatic carbocycles. The van der Waals surface area contributed by atoms with E-state index in [1.807, 2.05) is 7.05 Å². The lowest BCUT2D eigenvalue weighted by atomic mass is 10.1. The van der Waals surface area contributed by atoms with Crippen LogP contribution in [0.2, 0.25) is 0 Å². The average Bonchev–Trinajstić information content (AvgIpc) is 2.59. The number of benzene rings is 1. The molecule has 1 aliphatic heterocycles. The number of hydrogen-bond donors (Lipinski definition) is 1. The van der Waals surface area contributed by atoms with Gasteiger partial charge in [0.25, 0.3) is 0 Å². The van der Waals surface area contributed by atoms with Gasteiger partial charge in [-0.05, 0) is 31.6 Å². The zero-order valence-electron chi connectivity index (χ0n) is 15.9. The summed E-state index contributed by atoms with van der Waals surface area (Å²) in [6.07, 6.45) is 1.09. The average molecular weight is 332 g/mol. The molecule has 0 radical (unpaired) electrons. The number of rotatable bonds is 5. The number of nitrogens with one attached hydrogen (secondary N) is 1. The molecule has 1 atom stereocenters. The Kier molecular flexibility index (Phi) is 7.06. The van der Waals surface area contributed by atoms with Crippen LogP contribution in [0, 0.1) is 0 Å². The second-order valence-corrected chi connectivity index (χ2v) is 6.85. The van der Waals surface area contributed by atoms with Gasteiger partial charge >= 0.3 is 0 Å². The fourth-order valence-electron chi connectivity index (χ4n) is 3.14. The smallest absolute Gasteiger partial charge is 0.193 e. The van der Waals surface area contributed by atoms with E-state index < -0.39 is 0 Å². The lowest BCUT2D eigenvalue weighted by Gasteiger charge is -2.38. The van der Waals surface area contributed by atoms with Crippen molar-refractivity contribution in [2.24, 2.45) is 4.99 Å². The van der Waals surface area contributed by atoms with Gasteiger partial charge in [0.05, 0.1) is 0 Å². The van der Waals surface area contributed by atoms with Gasteiger partial charge in [0.1, 0.15) is 0 Å². The van der Waals surface area contributed by atoms with Crippen LogP contribution in [0.1, 0.15) is 18.1 Å². The summed E-state index contributed by atoms with van der Waals surface area (Å²) in [7, 11) is 8.36. The zero-order valence-corrected chi connectivity index (χ0v) is 15.9. The fourth-order valence-corrected chi connectivity index (χ4v) is 3.14. The van der Waals surface area contributed by atoms with Gasteiger partial charge in [-0.2, -0.15) is 0 Å². The van der Waals surface area contributed by atoms with E-state index in [1.165, 1.54) is 11.1 Å². The van der Waals surface area contributed by atoms with Crippen molar-refractivity contribution in [3.63, 3.8) is 0 Å². The number of piperazine rings is 1. The molecule has 0 spiro atoms. The van der Waals surface area contributed by atoms with E-state index in [2.05, 4.69) is 77.3 Å². The van der Waals surface area contributed by atoms with E-state index in [4.69, 9.17) is 0 Å². The topological polar surface area (TPSA) is 34.1 Å². The highest BCUT2D eigenvalue weighted by molar-refractivity contribution is 5.79. The normalized spacial score (nSPS) is 20.2. The lowest BCUT2D eigenvalue weighted by Crippen LogP contribution is -2.55. The highest BCUT2D eigenvalue weighted by atomic mass is 15.3. The number of aryl methyl sites for hydroxylation is 1. The Hall–Kier alpha value is -1.59. The van der Waals surface area contributed by atoms with E-state index in [0.29, 0.717) is 6.04 Å². The highest BCUT2D eigenvalue weighted by Gasteiger charge is 2.22. The summed E-state index contributed by atoms with van der Waals surface area (Å²) in [4.78, 5) is 11.5. The molecule has 134 valence electrons. The van der Waals surface area contributed by atoms with Crippen molar-refractivity contribution in [1.82, 2.24) is 20.0 Å². The monoisotopic (exact) mass is 331 g/mol. The van der Waals surface area contributed by atoms with Gasteiger partial charge in [0.15, 0.2) is 5.96 Å². The van der Waals surface area contributed by atoms with Crippen LogP contribution >= 0.6 is 0 Å². The summed E-state index contributed by atoms with van der Waals surface area (Å²) in [5.41, 5.74) is 2.69. The summed E-state index contributed by atoms with van der Waals surface area (Å²) >= 11 is 0. The van der Waals surface area contributed by atoms with Crippen molar-refractivity contribution in [3.05, 3.63) is 35.4 Å². The molecule has 1 aliphatic rings. The second kappa shape index (κ2) is 9.04. The molecule has 1 fully saturated rings. The third-order valence-electron chi connectivity index (χ3n) is 4.90. The van der Waals surface area contributed by atoms with E-state index in [0.717, 1.165) is 45.1 Å². The maximum absolute atomic E-state index is 4.45. The maximum Gasteiger partial charge on any atom is 0.193 e. The van der Waals surface area contributed by atoms with Crippen molar-refractivity contribution < 1.29 is 0 Å². The molecular weight excluding hydrogens is 298 g/mol. The van der Waals surface area contributed by atoms with Crippen LogP contribution in [0.3, 0.4) is 0 Å². The first kappa shape index (κ1) is 18.7. The summed E-state index contributed by atoms with van der Waals surface area (Å²) in [6, 6.07) is 9.38. The zero-order chi connectivity index (χ0) is 17.5. The van der Waals surface area contributed by atoms with Gasteiger partial charge in [-0.15, -0.1) is 0 Å². The Morgan fingerprint density at radius 3 is 2.50 bits per heavy atom. The third-order valence-corrected chi connectivity index (χ3v) is 4.90. The first-order valence-electron chi connectivity index (χ1n) is 8.91. The van der Waals surface area contributed by atoms with Crippen LogP contribution in [-0.2, 0) is 13.0 Å². The van der Waals surface area contributed by atoms with Gasteiger partial charge in [-0.1, -0.05) is 31.2 Å². The van der Waals surface area contributed by atoms with Gasteiger partial charge < -0.3 is 15.1 Å². The molecule has 1 aromatic rings. The largest absolute Gasteiger partial charge is 0.355 e. The van der Waals surface area contributed by atoms with Gasteiger partial charge in [0.2, 0.25) is 0 Å². The van der Waals surface area contributed by atoms with E-state index >= 15 is 0 Å². The predicted molar refractivity (Wildman–Crippen MR) is 103 cm³/mol.